The maximum Gasteiger partial charge on any atom is 0.446 e. The van der Waals surface area contributed by atoms with Crippen molar-refractivity contribution in [3.05, 3.63) is 52.6 Å². The Morgan fingerprint density at radius 2 is 1.84 bits per heavy atom. The minimum atomic E-state index is -4.67. The summed E-state index contributed by atoms with van der Waals surface area (Å²) in [5.41, 5.74) is 2.95. The molecule has 1 aliphatic heterocycles. The molecule has 25 heavy (non-hydrogen) atoms. The summed E-state index contributed by atoms with van der Waals surface area (Å²) >= 11 is 0. The molecular formula is C17H19NO6S. The number of phenols is 2. The van der Waals surface area contributed by atoms with Crippen LogP contribution in [0.1, 0.15) is 28.2 Å². The van der Waals surface area contributed by atoms with Gasteiger partial charge in [0.1, 0.15) is 5.75 Å². The zero-order valence-corrected chi connectivity index (χ0v) is 14.4. The molecule has 7 nitrogen and oxygen atoms in total. The molecule has 0 fully saturated rings. The summed E-state index contributed by atoms with van der Waals surface area (Å²) in [6.07, 6.45) is 0.653. The second kappa shape index (κ2) is 6.55. The number of phenolic OH excluding ortho intramolecular Hbond substituents is 2. The van der Waals surface area contributed by atoms with E-state index in [-0.39, 0.29) is 23.2 Å². The number of nitrogens with one attached hydrogen (secondary N) is 1. The molecule has 1 atom stereocenters. The predicted octanol–water partition coefficient (Wildman–Crippen LogP) is 1.87. The van der Waals surface area contributed by atoms with Gasteiger partial charge in [0.15, 0.2) is 11.5 Å². The van der Waals surface area contributed by atoms with Crippen molar-refractivity contribution in [2.24, 2.45) is 0 Å². The Bertz CT molecular complexity index is 910. The summed E-state index contributed by atoms with van der Waals surface area (Å²) in [6.45, 7) is 2.94. The summed E-state index contributed by atoms with van der Waals surface area (Å²) in [4.78, 5) is 0. The Balaban J connectivity index is 2.15. The molecular weight excluding hydrogens is 346 g/mol. The minimum absolute atomic E-state index is 0.0368. The Kier molecular flexibility index (Phi) is 4.59. The van der Waals surface area contributed by atoms with Crippen LogP contribution in [0.15, 0.2) is 30.3 Å². The van der Waals surface area contributed by atoms with Crippen LogP contribution >= 0.6 is 0 Å². The van der Waals surface area contributed by atoms with Gasteiger partial charge >= 0.3 is 10.4 Å². The van der Waals surface area contributed by atoms with Crippen molar-refractivity contribution in [3.63, 3.8) is 0 Å². The van der Waals surface area contributed by atoms with Crippen molar-refractivity contribution in [3.8, 4) is 17.2 Å². The van der Waals surface area contributed by atoms with E-state index in [2.05, 4.69) is 5.32 Å². The molecule has 0 spiro atoms. The molecule has 0 saturated carbocycles. The summed E-state index contributed by atoms with van der Waals surface area (Å²) in [5, 5.41) is 22.9. The molecule has 3 rings (SSSR count). The fraction of sp³-hybridized carbons (Fsp3) is 0.294. The Morgan fingerprint density at radius 1 is 1.12 bits per heavy atom. The molecule has 1 aliphatic rings. The first-order valence-corrected chi connectivity index (χ1v) is 9.14. The SMILES string of the molecule is Cc1ccc(C2CNCCc3cc(O)c(O)cc32)c(OS(=O)(=O)O)c1. The molecule has 8 heteroatoms. The van der Waals surface area contributed by atoms with Gasteiger partial charge in [0.25, 0.3) is 0 Å². The number of aromatic hydroxyl groups is 2. The van der Waals surface area contributed by atoms with Crippen LogP contribution < -0.4 is 9.50 Å². The standard InChI is InChI=1S/C17H19NO6S/c1-10-2-3-12(17(6-10)24-25(21,22)23)14-9-18-5-4-11-7-15(19)16(20)8-13(11)14/h2-3,6-8,14,18-20H,4-5,9H2,1H3,(H,21,22,23). The van der Waals surface area contributed by atoms with Crippen molar-refractivity contribution in [2.75, 3.05) is 13.1 Å². The lowest BCUT2D eigenvalue weighted by Gasteiger charge is -2.21. The molecule has 1 unspecified atom stereocenters. The first-order valence-electron chi connectivity index (χ1n) is 7.77. The van der Waals surface area contributed by atoms with Gasteiger partial charge in [0.05, 0.1) is 0 Å². The van der Waals surface area contributed by atoms with E-state index in [1.165, 1.54) is 18.2 Å². The summed E-state index contributed by atoms with van der Waals surface area (Å²) in [6, 6.07) is 8.09. The topological polar surface area (TPSA) is 116 Å². The van der Waals surface area contributed by atoms with Crippen LogP contribution in [0.25, 0.3) is 0 Å². The molecule has 2 aromatic rings. The number of hydrogen-bond acceptors (Lipinski definition) is 6. The smallest absolute Gasteiger partial charge is 0.446 e. The summed E-state index contributed by atoms with van der Waals surface area (Å²) in [5.74, 6) is -0.719. The van der Waals surface area contributed by atoms with Crippen LogP contribution in [0.2, 0.25) is 0 Å². The second-order valence-electron chi connectivity index (χ2n) is 6.10. The molecule has 1 heterocycles. The van der Waals surface area contributed by atoms with Gasteiger partial charge < -0.3 is 19.7 Å². The lowest BCUT2D eigenvalue weighted by atomic mass is 9.87. The largest absolute Gasteiger partial charge is 0.504 e. The number of hydrogen-bond donors (Lipinski definition) is 4. The van der Waals surface area contributed by atoms with E-state index in [0.717, 1.165) is 16.7 Å². The first-order chi connectivity index (χ1) is 11.7. The van der Waals surface area contributed by atoms with Gasteiger partial charge in [-0.2, -0.15) is 8.42 Å². The van der Waals surface area contributed by atoms with Gasteiger partial charge in [0, 0.05) is 18.0 Å². The maximum atomic E-state index is 11.2. The van der Waals surface area contributed by atoms with E-state index in [1.807, 2.05) is 6.07 Å². The van der Waals surface area contributed by atoms with Crippen molar-refractivity contribution in [2.45, 2.75) is 19.3 Å². The van der Waals surface area contributed by atoms with Gasteiger partial charge in [-0.25, -0.2) is 0 Å². The normalized spacial score (nSPS) is 17.6. The van der Waals surface area contributed by atoms with Crippen molar-refractivity contribution in [1.29, 1.82) is 0 Å². The maximum absolute atomic E-state index is 11.2. The number of benzene rings is 2. The van der Waals surface area contributed by atoms with Crippen LogP contribution in [0.4, 0.5) is 0 Å². The molecule has 134 valence electrons. The van der Waals surface area contributed by atoms with Crippen LogP contribution in [0.5, 0.6) is 17.2 Å². The first kappa shape index (κ1) is 17.5. The Hall–Kier alpha value is -2.29. The highest BCUT2D eigenvalue weighted by Gasteiger charge is 2.26. The Morgan fingerprint density at radius 3 is 2.56 bits per heavy atom. The van der Waals surface area contributed by atoms with E-state index >= 15 is 0 Å². The molecule has 0 bridgehead atoms. The predicted molar refractivity (Wildman–Crippen MR) is 91.5 cm³/mol. The van der Waals surface area contributed by atoms with Crippen molar-refractivity contribution >= 4 is 10.4 Å². The van der Waals surface area contributed by atoms with E-state index < -0.39 is 10.4 Å². The van der Waals surface area contributed by atoms with Crippen LogP contribution in [-0.4, -0.2) is 36.3 Å². The fourth-order valence-electron chi connectivity index (χ4n) is 3.15. The zero-order valence-electron chi connectivity index (χ0n) is 13.6. The summed E-state index contributed by atoms with van der Waals surface area (Å²) in [7, 11) is -4.67. The third-order valence-electron chi connectivity index (χ3n) is 4.27. The highest BCUT2D eigenvalue weighted by molar-refractivity contribution is 7.81. The van der Waals surface area contributed by atoms with Crippen molar-refractivity contribution in [1.82, 2.24) is 5.32 Å². The lowest BCUT2D eigenvalue weighted by molar-refractivity contribution is 0.384. The number of fused-ring (bicyclic) bond motifs is 1. The molecule has 0 amide bonds. The van der Waals surface area contributed by atoms with E-state index in [1.54, 1.807) is 13.0 Å². The minimum Gasteiger partial charge on any atom is -0.504 e. The molecule has 4 N–H and O–H groups in total. The van der Waals surface area contributed by atoms with E-state index in [0.29, 0.717) is 25.1 Å². The molecule has 0 radical (unpaired) electrons. The average molecular weight is 365 g/mol. The third kappa shape index (κ3) is 3.87. The van der Waals surface area contributed by atoms with Crippen LogP contribution in [0, 0.1) is 6.92 Å². The van der Waals surface area contributed by atoms with Gasteiger partial charge in [-0.3, -0.25) is 4.55 Å². The van der Waals surface area contributed by atoms with Crippen molar-refractivity contribution < 1.29 is 27.4 Å². The Labute approximate surface area is 145 Å². The fourth-order valence-corrected chi connectivity index (χ4v) is 3.52. The lowest BCUT2D eigenvalue weighted by Crippen LogP contribution is -2.21. The molecule has 0 aliphatic carbocycles. The van der Waals surface area contributed by atoms with E-state index in [9.17, 15) is 18.6 Å². The average Bonchev–Trinajstić information content (AvgIpc) is 2.69. The van der Waals surface area contributed by atoms with Gasteiger partial charge in [-0.1, -0.05) is 12.1 Å². The monoisotopic (exact) mass is 365 g/mol. The summed E-state index contributed by atoms with van der Waals surface area (Å²) < 4.78 is 36.2. The van der Waals surface area contributed by atoms with Crippen LogP contribution in [-0.2, 0) is 16.8 Å². The second-order valence-corrected chi connectivity index (χ2v) is 7.12. The van der Waals surface area contributed by atoms with Gasteiger partial charge in [0.2, 0.25) is 0 Å². The van der Waals surface area contributed by atoms with Gasteiger partial charge in [-0.15, -0.1) is 0 Å². The third-order valence-corrected chi connectivity index (χ3v) is 4.66. The highest BCUT2D eigenvalue weighted by Crippen LogP contribution is 2.39. The number of aryl methyl sites for hydroxylation is 1. The van der Waals surface area contributed by atoms with Crippen LogP contribution in [0.3, 0.4) is 0 Å². The van der Waals surface area contributed by atoms with Gasteiger partial charge in [-0.05, 0) is 54.8 Å². The highest BCUT2D eigenvalue weighted by atomic mass is 32.3. The number of rotatable bonds is 3. The quantitative estimate of drug-likeness (QED) is 0.485. The molecule has 0 aromatic heterocycles. The van der Waals surface area contributed by atoms with E-state index in [4.69, 9.17) is 8.74 Å². The molecule has 2 aromatic carbocycles. The molecule has 0 saturated heterocycles. The zero-order chi connectivity index (χ0) is 18.2.